The summed E-state index contributed by atoms with van der Waals surface area (Å²) in [5, 5.41) is 6.90. The summed E-state index contributed by atoms with van der Waals surface area (Å²) < 4.78 is 10.8. The summed E-state index contributed by atoms with van der Waals surface area (Å²) >= 11 is 0. The van der Waals surface area contributed by atoms with Crippen molar-refractivity contribution in [3.05, 3.63) is 41.0 Å². The molecule has 0 saturated carbocycles. The Hall–Kier alpha value is -2.94. The van der Waals surface area contributed by atoms with Crippen molar-refractivity contribution in [2.24, 2.45) is 0 Å². The van der Waals surface area contributed by atoms with E-state index in [1.807, 2.05) is 31.0 Å². The highest BCUT2D eigenvalue weighted by Crippen LogP contribution is 2.25. The molecule has 4 rings (SSSR count). The van der Waals surface area contributed by atoms with E-state index in [1.54, 1.807) is 4.90 Å². The van der Waals surface area contributed by atoms with Crippen molar-refractivity contribution in [2.75, 3.05) is 33.3 Å². The van der Waals surface area contributed by atoms with Crippen LogP contribution in [0.2, 0.25) is 0 Å². The van der Waals surface area contributed by atoms with Crippen molar-refractivity contribution in [2.45, 2.75) is 51.6 Å². The summed E-state index contributed by atoms with van der Waals surface area (Å²) in [7, 11) is 1.92. The van der Waals surface area contributed by atoms with E-state index in [-0.39, 0.29) is 17.9 Å². The summed E-state index contributed by atoms with van der Waals surface area (Å²) in [4.78, 5) is 33.6. The van der Waals surface area contributed by atoms with Gasteiger partial charge in [-0.1, -0.05) is 24.2 Å². The lowest BCUT2D eigenvalue weighted by Gasteiger charge is -2.38. The molecule has 1 saturated heterocycles. The Bertz CT molecular complexity index is 960. The van der Waals surface area contributed by atoms with Crippen LogP contribution >= 0.6 is 0 Å². The fraction of sp³-hybridized carbons (Fsp3) is 0.565. The summed E-state index contributed by atoms with van der Waals surface area (Å²) in [6, 6.07) is 5.71. The van der Waals surface area contributed by atoms with Crippen LogP contribution in [0.25, 0.3) is 0 Å². The molecule has 0 bridgehead atoms. The molecule has 0 unspecified atom stereocenters. The number of hydrogen-bond acceptors (Lipinski definition) is 7. The number of likely N-dealkylation sites (N-methyl/N-ethyl adjacent to an activating group) is 1. The van der Waals surface area contributed by atoms with Gasteiger partial charge in [0.05, 0.1) is 6.61 Å². The molecule has 1 aromatic carbocycles. The summed E-state index contributed by atoms with van der Waals surface area (Å²) in [6.45, 7) is 4.81. The van der Waals surface area contributed by atoms with Gasteiger partial charge < -0.3 is 19.5 Å². The van der Waals surface area contributed by atoms with E-state index in [2.05, 4.69) is 21.5 Å². The van der Waals surface area contributed by atoms with Crippen molar-refractivity contribution < 1.29 is 18.8 Å². The number of piperazine rings is 1. The van der Waals surface area contributed by atoms with Gasteiger partial charge in [0.15, 0.2) is 5.82 Å². The predicted octanol–water partition coefficient (Wildman–Crippen LogP) is 1.35. The van der Waals surface area contributed by atoms with Gasteiger partial charge in [0.2, 0.25) is 17.7 Å². The maximum atomic E-state index is 12.9. The van der Waals surface area contributed by atoms with Crippen LogP contribution in [0, 0.1) is 0 Å². The number of aryl methyl sites for hydroxylation is 3. The minimum absolute atomic E-state index is 0.00170. The molecule has 3 heterocycles. The molecule has 0 radical (unpaired) electrons. The molecule has 1 N–H and O–H groups in total. The van der Waals surface area contributed by atoms with Crippen molar-refractivity contribution in [1.29, 1.82) is 0 Å². The Balaban J connectivity index is 1.29. The maximum absolute atomic E-state index is 12.9. The van der Waals surface area contributed by atoms with Crippen molar-refractivity contribution in [3.8, 4) is 5.75 Å². The highest BCUT2D eigenvalue weighted by atomic mass is 16.5. The van der Waals surface area contributed by atoms with E-state index in [4.69, 9.17) is 9.26 Å². The third-order valence-corrected chi connectivity index (χ3v) is 6.12. The molecule has 1 aromatic heterocycles. The Kier molecular flexibility index (Phi) is 7.04. The van der Waals surface area contributed by atoms with Crippen molar-refractivity contribution in [1.82, 2.24) is 25.3 Å². The Morgan fingerprint density at radius 1 is 1.28 bits per heavy atom. The number of fused-ring (bicyclic) bond motifs is 1. The number of aromatic nitrogens is 2. The van der Waals surface area contributed by atoms with Crippen LogP contribution in [0.15, 0.2) is 22.7 Å². The molecule has 2 amide bonds. The molecule has 172 valence electrons. The molecule has 2 aliphatic rings. The number of benzene rings is 1. The second-order valence-electron chi connectivity index (χ2n) is 8.41. The van der Waals surface area contributed by atoms with Crippen LogP contribution in [0.5, 0.6) is 5.75 Å². The highest BCUT2D eigenvalue weighted by Gasteiger charge is 2.32. The molecule has 2 aliphatic heterocycles. The molecule has 2 aromatic rings. The fourth-order valence-electron chi connectivity index (χ4n) is 4.12. The summed E-state index contributed by atoms with van der Waals surface area (Å²) in [5.74, 6) is 2.01. The smallest absolute Gasteiger partial charge is 0.239 e. The van der Waals surface area contributed by atoms with Gasteiger partial charge in [-0.05, 0) is 37.1 Å². The first-order valence-corrected chi connectivity index (χ1v) is 11.3. The Morgan fingerprint density at radius 2 is 2.16 bits per heavy atom. The summed E-state index contributed by atoms with van der Waals surface area (Å²) in [6.07, 6.45) is 3.43. The standard InChI is InChI=1S/C23H31N5O4/c1-3-20-25-21(32-26-20)8-9-22(29)28-11-10-27(2)18(15-28)23(30)24-14-16-6-7-19-17(13-16)5-4-12-31-19/h6-7,13,18H,3-5,8-12,14-15H2,1-2H3,(H,24,30)/t18-/m0/s1. The van der Waals surface area contributed by atoms with Crippen molar-refractivity contribution >= 4 is 11.8 Å². The zero-order valence-electron chi connectivity index (χ0n) is 18.8. The van der Waals surface area contributed by atoms with Gasteiger partial charge in [0.1, 0.15) is 11.8 Å². The number of rotatable bonds is 7. The molecule has 9 heteroatoms. The maximum Gasteiger partial charge on any atom is 0.239 e. The molecule has 32 heavy (non-hydrogen) atoms. The minimum atomic E-state index is -0.372. The second kappa shape index (κ2) is 10.1. The zero-order valence-corrected chi connectivity index (χ0v) is 18.8. The number of nitrogens with one attached hydrogen (secondary N) is 1. The van der Waals surface area contributed by atoms with E-state index in [9.17, 15) is 9.59 Å². The molecule has 9 nitrogen and oxygen atoms in total. The third kappa shape index (κ3) is 5.27. The van der Waals surface area contributed by atoms with Gasteiger partial charge in [-0.25, -0.2) is 0 Å². The van der Waals surface area contributed by atoms with E-state index in [0.717, 1.165) is 30.8 Å². The van der Waals surface area contributed by atoms with Crippen LogP contribution in [0.1, 0.15) is 42.6 Å². The van der Waals surface area contributed by atoms with E-state index in [0.29, 0.717) is 57.2 Å². The number of amides is 2. The highest BCUT2D eigenvalue weighted by molar-refractivity contribution is 5.84. The topological polar surface area (TPSA) is 101 Å². The molecule has 1 atom stereocenters. The zero-order chi connectivity index (χ0) is 22.5. The van der Waals surface area contributed by atoms with Gasteiger partial charge >= 0.3 is 0 Å². The Morgan fingerprint density at radius 3 is 2.97 bits per heavy atom. The predicted molar refractivity (Wildman–Crippen MR) is 117 cm³/mol. The molecular weight excluding hydrogens is 410 g/mol. The molecule has 0 aliphatic carbocycles. The third-order valence-electron chi connectivity index (χ3n) is 6.12. The lowest BCUT2D eigenvalue weighted by atomic mass is 10.0. The van der Waals surface area contributed by atoms with Crippen LogP contribution in [-0.4, -0.2) is 71.1 Å². The molecular formula is C23H31N5O4. The quantitative estimate of drug-likeness (QED) is 0.692. The normalized spacial score (nSPS) is 18.7. The average Bonchev–Trinajstić information content (AvgIpc) is 3.29. The monoisotopic (exact) mass is 441 g/mol. The van der Waals surface area contributed by atoms with Gasteiger partial charge in [-0.15, -0.1) is 0 Å². The van der Waals surface area contributed by atoms with E-state index >= 15 is 0 Å². The van der Waals surface area contributed by atoms with Crippen molar-refractivity contribution in [3.63, 3.8) is 0 Å². The largest absolute Gasteiger partial charge is 0.493 e. The number of carbonyl (C=O) groups excluding carboxylic acids is 2. The molecule has 1 fully saturated rings. The number of carbonyl (C=O) groups is 2. The first-order valence-electron chi connectivity index (χ1n) is 11.3. The lowest BCUT2D eigenvalue weighted by molar-refractivity contribution is -0.137. The van der Waals surface area contributed by atoms with Crippen LogP contribution < -0.4 is 10.1 Å². The number of ether oxygens (including phenoxy) is 1. The average molecular weight is 442 g/mol. The first kappa shape index (κ1) is 22.3. The minimum Gasteiger partial charge on any atom is -0.493 e. The number of nitrogens with zero attached hydrogens (tertiary/aromatic N) is 4. The van der Waals surface area contributed by atoms with Gasteiger partial charge in [-0.3, -0.25) is 14.5 Å². The van der Waals surface area contributed by atoms with Gasteiger partial charge in [0.25, 0.3) is 0 Å². The van der Waals surface area contributed by atoms with Gasteiger partial charge in [0, 0.05) is 45.4 Å². The van der Waals surface area contributed by atoms with Crippen LogP contribution in [0.4, 0.5) is 0 Å². The second-order valence-corrected chi connectivity index (χ2v) is 8.41. The molecule has 0 spiro atoms. The lowest BCUT2D eigenvalue weighted by Crippen LogP contribution is -2.58. The summed E-state index contributed by atoms with van der Waals surface area (Å²) in [5.41, 5.74) is 2.25. The first-order chi connectivity index (χ1) is 15.5. The SMILES string of the molecule is CCc1noc(CCC(=O)N2CCN(C)[C@H](C(=O)NCc3ccc4c(c3)CCCO4)C2)n1. The van der Waals surface area contributed by atoms with Crippen LogP contribution in [-0.2, 0) is 35.4 Å². The Labute approximate surface area is 188 Å². The van der Waals surface area contributed by atoms with Gasteiger partial charge in [-0.2, -0.15) is 4.98 Å². The fourth-order valence-corrected chi connectivity index (χ4v) is 4.12. The van der Waals surface area contributed by atoms with E-state index in [1.165, 1.54) is 5.56 Å². The van der Waals surface area contributed by atoms with Crippen LogP contribution in [0.3, 0.4) is 0 Å². The number of hydrogen-bond donors (Lipinski definition) is 1. The van der Waals surface area contributed by atoms with E-state index < -0.39 is 0 Å².